The van der Waals surface area contributed by atoms with Crippen molar-refractivity contribution in [1.29, 1.82) is 0 Å². The third kappa shape index (κ3) is 6.39. The summed E-state index contributed by atoms with van der Waals surface area (Å²) in [6, 6.07) is 24.7. The predicted molar refractivity (Wildman–Crippen MR) is 158 cm³/mol. The van der Waals surface area contributed by atoms with E-state index in [1.165, 1.54) is 7.11 Å². The number of sulfonamides is 1. The molecule has 0 saturated heterocycles. The summed E-state index contributed by atoms with van der Waals surface area (Å²) in [6.45, 7) is 4.96. The first-order valence-electron chi connectivity index (χ1n) is 13.2. The smallest absolute Gasteiger partial charge is 0.322 e. The minimum absolute atomic E-state index is 0.0206. The van der Waals surface area contributed by atoms with Crippen molar-refractivity contribution in [2.24, 2.45) is 0 Å². The number of ketones is 1. The van der Waals surface area contributed by atoms with Crippen molar-refractivity contribution in [3.05, 3.63) is 130 Å². The first-order valence-corrected chi connectivity index (χ1v) is 14.6. The van der Waals surface area contributed by atoms with E-state index in [0.717, 1.165) is 4.31 Å². The molecule has 1 N–H and O–H groups in total. The van der Waals surface area contributed by atoms with Crippen LogP contribution in [-0.4, -0.2) is 42.7 Å². The number of ether oxygens (including phenoxy) is 1. The Morgan fingerprint density at radius 3 is 1.93 bits per heavy atom. The molecule has 41 heavy (non-hydrogen) atoms. The molecule has 4 rings (SSSR count). The van der Waals surface area contributed by atoms with E-state index >= 15 is 0 Å². The van der Waals surface area contributed by atoms with Crippen LogP contribution < -0.4 is 4.74 Å². The molecule has 0 saturated carbocycles. The summed E-state index contributed by atoms with van der Waals surface area (Å²) in [5, 5.41) is 10.3. The largest absolute Gasteiger partial charge is 0.496 e. The van der Waals surface area contributed by atoms with Crippen LogP contribution in [0, 0.1) is 20.8 Å². The standard InChI is InChI=1S/C33H33NO6S/c1-22-19-30(40-4)23(2)24(3)32(22)41(38,39)34(29(33(36)37)20-25-11-7-5-8-12-25)21-26-15-17-28(18-16-26)31(35)27-13-9-6-10-14-27/h5-19,29H,20-21H2,1-4H3,(H,36,37). The second-order valence-electron chi connectivity index (χ2n) is 9.96. The molecule has 0 aromatic heterocycles. The molecule has 0 amide bonds. The monoisotopic (exact) mass is 571 g/mol. The van der Waals surface area contributed by atoms with Crippen molar-refractivity contribution >= 4 is 21.8 Å². The van der Waals surface area contributed by atoms with Crippen LogP contribution in [0.15, 0.2) is 95.9 Å². The van der Waals surface area contributed by atoms with Gasteiger partial charge in [-0.2, -0.15) is 4.31 Å². The van der Waals surface area contributed by atoms with Gasteiger partial charge >= 0.3 is 5.97 Å². The number of methoxy groups -OCH3 is 1. The van der Waals surface area contributed by atoms with Crippen LogP contribution in [-0.2, 0) is 27.8 Å². The highest BCUT2D eigenvalue weighted by atomic mass is 32.2. The van der Waals surface area contributed by atoms with E-state index in [4.69, 9.17) is 4.74 Å². The van der Waals surface area contributed by atoms with Crippen LogP contribution >= 0.6 is 0 Å². The Kier molecular flexibility index (Phi) is 9.05. The summed E-state index contributed by atoms with van der Waals surface area (Å²) < 4.78 is 35.3. The van der Waals surface area contributed by atoms with Gasteiger partial charge in [-0.05, 0) is 61.1 Å². The fourth-order valence-electron chi connectivity index (χ4n) is 4.96. The highest BCUT2D eigenvalue weighted by Crippen LogP contribution is 2.34. The van der Waals surface area contributed by atoms with Gasteiger partial charge in [-0.3, -0.25) is 9.59 Å². The Morgan fingerprint density at radius 1 is 0.805 bits per heavy atom. The van der Waals surface area contributed by atoms with E-state index in [-0.39, 0.29) is 23.6 Å². The van der Waals surface area contributed by atoms with Gasteiger partial charge in [-0.25, -0.2) is 8.42 Å². The van der Waals surface area contributed by atoms with Crippen LogP contribution in [0.2, 0.25) is 0 Å². The average molecular weight is 572 g/mol. The van der Waals surface area contributed by atoms with Crippen LogP contribution in [0.25, 0.3) is 0 Å². The Balaban J connectivity index is 1.79. The van der Waals surface area contributed by atoms with Gasteiger partial charge in [0.05, 0.1) is 12.0 Å². The van der Waals surface area contributed by atoms with Crippen molar-refractivity contribution in [1.82, 2.24) is 4.31 Å². The van der Waals surface area contributed by atoms with Gasteiger partial charge in [-0.15, -0.1) is 0 Å². The third-order valence-corrected chi connectivity index (χ3v) is 9.41. The van der Waals surface area contributed by atoms with Crippen molar-refractivity contribution in [2.75, 3.05) is 7.11 Å². The number of rotatable bonds is 11. The summed E-state index contributed by atoms with van der Waals surface area (Å²) in [6.07, 6.45) is -0.0206. The summed E-state index contributed by atoms with van der Waals surface area (Å²) in [4.78, 5) is 25.6. The lowest BCUT2D eigenvalue weighted by Crippen LogP contribution is -2.46. The lowest BCUT2D eigenvalue weighted by atomic mass is 10.0. The molecule has 212 valence electrons. The molecule has 0 aliphatic carbocycles. The number of benzene rings is 4. The molecule has 8 heteroatoms. The van der Waals surface area contributed by atoms with Gasteiger partial charge in [0.1, 0.15) is 11.8 Å². The number of aliphatic carboxylic acids is 1. The summed E-state index contributed by atoms with van der Waals surface area (Å²) >= 11 is 0. The fourth-order valence-corrected chi connectivity index (χ4v) is 7.02. The van der Waals surface area contributed by atoms with Crippen LogP contribution in [0.3, 0.4) is 0 Å². The zero-order chi connectivity index (χ0) is 29.7. The second kappa shape index (κ2) is 12.5. The number of hydrogen-bond acceptors (Lipinski definition) is 5. The highest BCUT2D eigenvalue weighted by Gasteiger charge is 2.38. The van der Waals surface area contributed by atoms with Crippen molar-refractivity contribution < 1.29 is 27.9 Å². The van der Waals surface area contributed by atoms with E-state index in [0.29, 0.717) is 44.7 Å². The van der Waals surface area contributed by atoms with Crippen molar-refractivity contribution in [3.8, 4) is 5.75 Å². The fraction of sp³-hybridized carbons (Fsp3) is 0.212. The second-order valence-corrected chi connectivity index (χ2v) is 11.8. The highest BCUT2D eigenvalue weighted by molar-refractivity contribution is 7.89. The molecular weight excluding hydrogens is 538 g/mol. The molecule has 4 aromatic carbocycles. The van der Waals surface area contributed by atoms with Gasteiger partial charge in [0, 0.05) is 17.7 Å². The number of hydrogen-bond donors (Lipinski definition) is 1. The molecule has 0 aliphatic rings. The van der Waals surface area contributed by atoms with E-state index in [1.54, 1.807) is 99.6 Å². The zero-order valence-electron chi connectivity index (χ0n) is 23.5. The quantitative estimate of drug-likeness (QED) is 0.231. The molecule has 0 aliphatic heterocycles. The number of aryl methyl sites for hydroxylation is 1. The lowest BCUT2D eigenvalue weighted by Gasteiger charge is -2.30. The third-order valence-electron chi connectivity index (χ3n) is 7.26. The molecule has 0 heterocycles. The minimum Gasteiger partial charge on any atom is -0.496 e. The molecule has 0 radical (unpaired) electrons. The number of carboxylic acid groups (broad SMARTS) is 1. The topological polar surface area (TPSA) is 101 Å². The molecule has 0 fully saturated rings. The van der Waals surface area contributed by atoms with E-state index in [9.17, 15) is 23.1 Å². The van der Waals surface area contributed by atoms with Crippen LogP contribution in [0.4, 0.5) is 0 Å². The van der Waals surface area contributed by atoms with Crippen LogP contribution in [0.1, 0.15) is 43.7 Å². The van der Waals surface area contributed by atoms with Crippen molar-refractivity contribution in [3.63, 3.8) is 0 Å². The molecule has 0 bridgehead atoms. The first-order chi connectivity index (χ1) is 19.5. The summed E-state index contributed by atoms with van der Waals surface area (Å²) in [5.41, 5.74) is 3.86. The van der Waals surface area contributed by atoms with E-state index < -0.39 is 22.0 Å². The summed E-state index contributed by atoms with van der Waals surface area (Å²) in [5.74, 6) is -0.855. The first kappa shape index (κ1) is 29.7. The van der Waals surface area contributed by atoms with E-state index in [1.807, 2.05) is 12.1 Å². The summed E-state index contributed by atoms with van der Waals surface area (Å²) in [7, 11) is -2.79. The number of carbonyl (C=O) groups is 2. The van der Waals surface area contributed by atoms with E-state index in [2.05, 4.69) is 0 Å². The predicted octanol–water partition coefficient (Wildman–Crippen LogP) is 5.74. The Hall–Kier alpha value is -4.27. The normalized spacial score (nSPS) is 12.2. The number of carbonyl (C=O) groups excluding carboxylic acids is 1. The molecule has 1 atom stereocenters. The van der Waals surface area contributed by atoms with Gasteiger partial charge in [-0.1, -0.05) is 84.9 Å². The molecular formula is C33H33NO6S. The Bertz CT molecular complexity index is 1650. The van der Waals surface area contributed by atoms with Gasteiger partial charge in [0.15, 0.2) is 5.78 Å². The maximum absolute atomic E-state index is 14.4. The SMILES string of the molecule is COc1cc(C)c(S(=O)(=O)N(Cc2ccc(C(=O)c3ccccc3)cc2)C(Cc2ccccc2)C(=O)O)c(C)c1C. The number of nitrogens with zero attached hydrogens (tertiary/aromatic N) is 1. The molecule has 0 spiro atoms. The maximum atomic E-state index is 14.4. The zero-order valence-corrected chi connectivity index (χ0v) is 24.3. The molecule has 1 unspecified atom stereocenters. The van der Waals surface area contributed by atoms with Gasteiger partial charge < -0.3 is 9.84 Å². The molecule has 7 nitrogen and oxygen atoms in total. The minimum atomic E-state index is -4.31. The van der Waals surface area contributed by atoms with Gasteiger partial charge in [0.25, 0.3) is 0 Å². The Morgan fingerprint density at radius 2 is 1.37 bits per heavy atom. The molecule has 4 aromatic rings. The average Bonchev–Trinajstić information content (AvgIpc) is 2.97. The Labute approximate surface area is 241 Å². The number of carboxylic acids is 1. The van der Waals surface area contributed by atoms with Crippen molar-refractivity contribution in [2.45, 2.75) is 44.7 Å². The van der Waals surface area contributed by atoms with Crippen LogP contribution in [0.5, 0.6) is 5.75 Å². The lowest BCUT2D eigenvalue weighted by molar-refractivity contribution is -0.141. The maximum Gasteiger partial charge on any atom is 0.322 e. The van der Waals surface area contributed by atoms with Gasteiger partial charge in [0.2, 0.25) is 10.0 Å².